The van der Waals surface area contributed by atoms with E-state index in [1.165, 1.54) is 12.1 Å². The highest BCUT2D eigenvalue weighted by molar-refractivity contribution is 7.92. The first-order valence-electron chi connectivity index (χ1n) is 8.02. The minimum atomic E-state index is -3.80. The van der Waals surface area contributed by atoms with Crippen molar-refractivity contribution in [2.24, 2.45) is 22.5 Å². The van der Waals surface area contributed by atoms with Gasteiger partial charge in [-0.05, 0) is 36.3 Å². The number of para-hydroxylation sites is 1. The summed E-state index contributed by atoms with van der Waals surface area (Å²) in [6.07, 6.45) is 1.94. The standard InChI is InChI=1S/C17H22N2O4S/c1-16(2)11-7-8-17(16,14(20)9-11)10-24(22,23)19-13-6-4-3-5-12(13)15(18)21/h3-6,11,19H,7-10H2,1-2H3,(H2,18,21)/t11-,17+/m0/s1. The molecule has 1 amide bonds. The van der Waals surface area contributed by atoms with E-state index in [1.54, 1.807) is 12.1 Å². The molecule has 0 aromatic heterocycles. The Kier molecular flexibility index (Phi) is 3.75. The monoisotopic (exact) mass is 350 g/mol. The van der Waals surface area contributed by atoms with E-state index in [9.17, 15) is 18.0 Å². The van der Waals surface area contributed by atoms with Gasteiger partial charge in [0.05, 0.1) is 22.4 Å². The summed E-state index contributed by atoms with van der Waals surface area (Å²) in [6, 6.07) is 6.20. The van der Waals surface area contributed by atoms with Gasteiger partial charge in [-0.1, -0.05) is 26.0 Å². The van der Waals surface area contributed by atoms with E-state index in [4.69, 9.17) is 5.73 Å². The van der Waals surface area contributed by atoms with Crippen molar-refractivity contribution >= 4 is 27.4 Å². The highest BCUT2D eigenvalue weighted by Gasteiger charge is 2.65. The van der Waals surface area contributed by atoms with Crippen LogP contribution in [-0.4, -0.2) is 25.9 Å². The van der Waals surface area contributed by atoms with E-state index in [0.717, 1.165) is 6.42 Å². The Bertz CT molecular complexity index is 816. The zero-order chi connectivity index (χ0) is 17.8. The second-order valence-electron chi connectivity index (χ2n) is 7.44. The first kappa shape index (κ1) is 17.0. The number of carbonyl (C=O) groups excluding carboxylic acids is 2. The number of sulfonamides is 1. The van der Waals surface area contributed by atoms with Crippen LogP contribution in [0.1, 0.15) is 43.5 Å². The fraction of sp³-hybridized carbons (Fsp3) is 0.529. The first-order chi connectivity index (χ1) is 11.1. The molecule has 7 heteroatoms. The van der Waals surface area contributed by atoms with Crippen LogP contribution in [0.4, 0.5) is 5.69 Å². The molecule has 0 saturated heterocycles. The minimum absolute atomic E-state index is 0.0392. The van der Waals surface area contributed by atoms with Crippen molar-refractivity contribution in [2.75, 3.05) is 10.5 Å². The average Bonchev–Trinajstić information content (AvgIpc) is 2.80. The molecule has 1 aromatic rings. The molecule has 1 aromatic carbocycles. The Labute approximate surface area is 141 Å². The molecule has 2 aliphatic carbocycles. The molecule has 3 N–H and O–H groups in total. The highest BCUT2D eigenvalue weighted by atomic mass is 32.2. The summed E-state index contributed by atoms with van der Waals surface area (Å²) in [7, 11) is -3.80. The lowest BCUT2D eigenvalue weighted by Gasteiger charge is -2.36. The molecule has 3 rings (SSSR count). The number of Topliss-reactive ketones (excluding diaryl/α,β-unsaturated/α-hetero) is 1. The normalized spacial score (nSPS) is 28.1. The first-order valence-corrected chi connectivity index (χ1v) is 9.67. The van der Waals surface area contributed by atoms with Crippen LogP contribution in [0, 0.1) is 16.7 Å². The van der Waals surface area contributed by atoms with Crippen molar-refractivity contribution in [3.05, 3.63) is 29.8 Å². The predicted molar refractivity (Wildman–Crippen MR) is 90.9 cm³/mol. The van der Waals surface area contributed by atoms with Crippen LogP contribution in [0.5, 0.6) is 0 Å². The number of hydrogen-bond acceptors (Lipinski definition) is 4. The van der Waals surface area contributed by atoms with Gasteiger partial charge in [-0.3, -0.25) is 14.3 Å². The molecule has 2 atom stereocenters. The van der Waals surface area contributed by atoms with Crippen LogP contribution in [0.15, 0.2) is 24.3 Å². The molecule has 2 bridgehead atoms. The van der Waals surface area contributed by atoms with Gasteiger partial charge in [0.25, 0.3) is 5.91 Å². The van der Waals surface area contributed by atoms with E-state index >= 15 is 0 Å². The molecule has 0 unspecified atom stereocenters. The second kappa shape index (κ2) is 5.31. The van der Waals surface area contributed by atoms with Gasteiger partial charge in [0.15, 0.2) is 0 Å². The number of ketones is 1. The quantitative estimate of drug-likeness (QED) is 0.846. The Morgan fingerprint density at radius 2 is 2.00 bits per heavy atom. The van der Waals surface area contributed by atoms with Crippen molar-refractivity contribution in [3.8, 4) is 0 Å². The number of fused-ring (bicyclic) bond motifs is 2. The molecular formula is C17H22N2O4S. The van der Waals surface area contributed by atoms with E-state index in [2.05, 4.69) is 4.72 Å². The maximum absolute atomic E-state index is 12.7. The van der Waals surface area contributed by atoms with E-state index in [0.29, 0.717) is 12.8 Å². The molecule has 2 aliphatic rings. The summed E-state index contributed by atoms with van der Waals surface area (Å²) in [5, 5.41) is 0. The molecule has 0 radical (unpaired) electrons. The molecular weight excluding hydrogens is 328 g/mol. The van der Waals surface area contributed by atoms with Crippen LogP contribution in [0.25, 0.3) is 0 Å². The summed E-state index contributed by atoms with van der Waals surface area (Å²) >= 11 is 0. The number of hydrogen-bond donors (Lipinski definition) is 2. The number of nitrogens with one attached hydrogen (secondary N) is 1. The second-order valence-corrected chi connectivity index (χ2v) is 9.16. The summed E-state index contributed by atoms with van der Waals surface area (Å²) in [5.41, 5.74) is 4.38. The smallest absolute Gasteiger partial charge is 0.250 e. The van der Waals surface area contributed by atoms with Crippen molar-refractivity contribution < 1.29 is 18.0 Å². The van der Waals surface area contributed by atoms with Crippen molar-refractivity contribution in [1.82, 2.24) is 0 Å². The summed E-state index contributed by atoms with van der Waals surface area (Å²) in [5.74, 6) is -0.671. The van der Waals surface area contributed by atoms with Gasteiger partial charge in [-0.2, -0.15) is 0 Å². The van der Waals surface area contributed by atoms with Gasteiger partial charge in [-0.15, -0.1) is 0 Å². The Hall–Kier alpha value is -1.89. The fourth-order valence-electron chi connectivity index (χ4n) is 4.42. The van der Waals surface area contributed by atoms with Crippen molar-refractivity contribution in [3.63, 3.8) is 0 Å². The molecule has 0 spiro atoms. The molecule has 6 nitrogen and oxygen atoms in total. The van der Waals surface area contributed by atoms with Gasteiger partial charge in [0, 0.05) is 6.42 Å². The number of nitrogens with two attached hydrogens (primary N) is 1. The minimum Gasteiger partial charge on any atom is -0.366 e. The third kappa shape index (κ3) is 2.42. The van der Waals surface area contributed by atoms with E-state index < -0.39 is 21.3 Å². The number of amides is 1. The lowest BCUT2D eigenvalue weighted by molar-refractivity contribution is -0.128. The molecule has 0 heterocycles. The lowest BCUT2D eigenvalue weighted by Crippen LogP contribution is -2.43. The topological polar surface area (TPSA) is 106 Å². The molecule has 24 heavy (non-hydrogen) atoms. The number of rotatable bonds is 5. The van der Waals surface area contributed by atoms with Gasteiger partial charge < -0.3 is 5.73 Å². The van der Waals surface area contributed by atoms with Gasteiger partial charge >= 0.3 is 0 Å². The SMILES string of the molecule is CC1(C)[C@H]2CC[C@@]1(CS(=O)(=O)Nc1ccccc1C(N)=O)C(=O)C2. The zero-order valence-corrected chi connectivity index (χ0v) is 14.7. The third-order valence-corrected chi connectivity index (χ3v) is 7.44. The Morgan fingerprint density at radius 3 is 2.54 bits per heavy atom. The lowest BCUT2D eigenvalue weighted by atomic mass is 9.70. The maximum Gasteiger partial charge on any atom is 0.250 e. The molecule has 0 aliphatic heterocycles. The van der Waals surface area contributed by atoms with Crippen LogP contribution >= 0.6 is 0 Å². The summed E-state index contributed by atoms with van der Waals surface area (Å²) in [4.78, 5) is 24.0. The number of primary amides is 1. The Morgan fingerprint density at radius 1 is 1.33 bits per heavy atom. The molecule has 2 fully saturated rings. The maximum atomic E-state index is 12.7. The van der Waals surface area contributed by atoms with Crippen LogP contribution in [0.2, 0.25) is 0 Å². The van der Waals surface area contributed by atoms with E-state index in [-0.39, 0.29) is 34.1 Å². The van der Waals surface area contributed by atoms with Crippen LogP contribution < -0.4 is 10.5 Å². The number of benzene rings is 1. The number of anilines is 1. The summed E-state index contributed by atoms with van der Waals surface area (Å²) < 4.78 is 27.9. The summed E-state index contributed by atoms with van der Waals surface area (Å²) in [6.45, 7) is 3.98. The zero-order valence-electron chi connectivity index (χ0n) is 13.8. The van der Waals surface area contributed by atoms with E-state index in [1.807, 2.05) is 13.8 Å². The Balaban J connectivity index is 1.91. The van der Waals surface area contributed by atoms with Gasteiger partial charge in [0.1, 0.15) is 5.78 Å². The average molecular weight is 350 g/mol. The van der Waals surface area contributed by atoms with Crippen molar-refractivity contribution in [1.29, 1.82) is 0 Å². The van der Waals surface area contributed by atoms with Crippen LogP contribution in [0.3, 0.4) is 0 Å². The largest absolute Gasteiger partial charge is 0.366 e. The number of carbonyl (C=O) groups is 2. The van der Waals surface area contributed by atoms with Gasteiger partial charge in [-0.25, -0.2) is 8.42 Å². The molecule has 130 valence electrons. The van der Waals surface area contributed by atoms with Crippen LogP contribution in [-0.2, 0) is 14.8 Å². The fourth-order valence-corrected chi connectivity index (χ4v) is 6.33. The van der Waals surface area contributed by atoms with Gasteiger partial charge in [0.2, 0.25) is 10.0 Å². The van der Waals surface area contributed by atoms with Crippen molar-refractivity contribution in [2.45, 2.75) is 33.1 Å². The highest BCUT2D eigenvalue weighted by Crippen LogP contribution is 2.64. The third-order valence-electron chi connectivity index (χ3n) is 6.03. The predicted octanol–water partition coefficient (Wildman–Crippen LogP) is 1.92. The molecule has 2 saturated carbocycles.